The highest BCUT2D eigenvalue weighted by atomic mass is 35.5. The van der Waals surface area contributed by atoms with E-state index in [1.165, 1.54) is 18.4 Å². The van der Waals surface area contributed by atoms with Gasteiger partial charge in [0.05, 0.1) is 5.92 Å². The van der Waals surface area contributed by atoms with Crippen molar-refractivity contribution in [1.29, 1.82) is 0 Å². The van der Waals surface area contributed by atoms with Gasteiger partial charge in [-0.25, -0.2) is 0 Å². The van der Waals surface area contributed by atoms with E-state index in [4.69, 9.17) is 17.3 Å². The lowest BCUT2D eigenvalue weighted by Gasteiger charge is -2.28. The highest BCUT2D eigenvalue weighted by Crippen LogP contribution is 2.49. The Labute approximate surface area is 148 Å². The number of nitrogens with one attached hydrogen (secondary N) is 1. The van der Waals surface area contributed by atoms with Crippen molar-refractivity contribution in [2.45, 2.75) is 43.6 Å². The molecule has 3 aliphatic rings. The molecule has 4 unspecified atom stereocenters. The summed E-state index contributed by atoms with van der Waals surface area (Å²) in [6, 6.07) is 8.11. The summed E-state index contributed by atoms with van der Waals surface area (Å²) in [5.41, 5.74) is 7.62. The van der Waals surface area contributed by atoms with Gasteiger partial charge in [-0.2, -0.15) is 0 Å². The number of hydrogen-bond donors (Lipinski definition) is 2. The van der Waals surface area contributed by atoms with Gasteiger partial charge in [0, 0.05) is 23.0 Å². The molecule has 0 aromatic heterocycles. The van der Waals surface area contributed by atoms with Gasteiger partial charge in [-0.1, -0.05) is 23.7 Å². The van der Waals surface area contributed by atoms with Gasteiger partial charge in [-0.05, 0) is 61.6 Å². The molecule has 2 bridgehead atoms. The van der Waals surface area contributed by atoms with E-state index in [0.717, 1.165) is 24.3 Å². The molecule has 126 valence electrons. The van der Waals surface area contributed by atoms with Crippen LogP contribution < -0.4 is 11.1 Å². The Hall–Kier alpha value is -0.770. The first kappa shape index (κ1) is 17.1. The van der Waals surface area contributed by atoms with Crippen LogP contribution in [0, 0.1) is 17.8 Å². The minimum absolute atomic E-state index is 0. The van der Waals surface area contributed by atoms with E-state index in [0.29, 0.717) is 18.4 Å². The molecule has 4 rings (SSSR count). The maximum atomic E-state index is 12.6. The smallest absolute Gasteiger partial charge is 0.224 e. The normalized spacial score (nSPS) is 33.1. The minimum Gasteiger partial charge on any atom is -0.355 e. The zero-order valence-corrected chi connectivity index (χ0v) is 14.7. The van der Waals surface area contributed by atoms with E-state index < -0.39 is 0 Å². The van der Waals surface area contributed by atoms with Crippen molar-refractivity contribution in [2.75, 3.05) is 6.54 Å². The molecular formula is C18H24Cl2N2O. The molecule has 3 fully saturated rings. The molecule has 0 radical (unpaired) electrons. The van der Waals surface area contributed by atoms with E-state index in [2.05, 4.69) is 11.4 Å². The Bertz CT molecular complexity index is 600. The predicted octanol–water partition coefficient (Wildman–Crippen LogP) is 3.28. The van der Waals surface area contributed by atoms with Crippen molar-refractivity contribution in [2.24, 2.45) is 23.5 Å². The lowest BCUT2D eigenvalue weighted by molar-refractivity contribution is -0.127. The van der Waals surface area contributed by atoms with Gasteiger partial charge in [0.1, 0.15) is 0 Å². The molecule has 5 heteroatoms. The predicted molar refractivity (Wildman–Crippen MR) is 94.9 cm³/mol. The molecule has 1 aromatic rings. The fraction of sp³-hybridized carbons (Fsp3) is 0.611. The summed E-state index contributed by atoms with van der Waals surface area (Å²) in [4.78, 5) is 12.6. The summed E-state index contributed by atoms with van der Waals surface area (Å²) < 4.78 is 0. The molecule has 23 heavy (non-hydrogen) atoms. The number of hydrogen-bond acceptors (Lipinski definition) is 2. The van der Waals surface area contributed by atoms with Crippen LogP contribution in [0.15, 0.2) is 24.3 Å². The minimum atomic E-state index is 0. The first-order valence-corrected chi connectivity index (χ1v) is 8.76. The Kier molecular flexibility index (Phi) is 4.65. The van der Waals surface area contributed by atoms with Crippen molar-refractivity contribution in [3.05, 3.63) is 34.9 Å². The van der Waals surface area contributed by atoms with Crippen LogP contribution in [0.1, 0.15) is 37.7 Å². The maximum absolute atomic E-state index is 12.6. The number of halogens is 2. The maximum Gasteiger partial charge on any atom is 0.224 e. The number of carbonyl (C=O) groups is 1. The highest BCUT2D eigenvalue weighted by molar-refractivity contribution is 6.30. The average molecular weight is 355 g/mol. The summed E-state index contributed by atoms with van der Waals surface area (Å²) in [7, 11) is 0. The fourth-order valence-corrected chi connectivity index (χ4v) is 4.83. The quantitative estimate of drug-likeness (QED) is 0.871. The summed E-state index contributed by atoms with van der Waals surface area (Å²) in [5.74, 6) is 1.30. The number of fused-ring (bicyclic) bond motifs is 2. The zero-order chi connectivity index (χ0) is 15.3. The third kappa shape index (κ3) is 2.99. The molecule has 3 nitrogen and oxygen atoms in total. The molecule has 4 atom stereocenters. The lowest BCUT2D eigenvalue weighted by atomic mass is 9.84. The van der Waals surface area contributed by atoms with Crippen molar-refractivity contribution >= 4 is 29.9 Å². The van der Waals surface area contributed by atoms with E-state index in [1.807, 2.05) is 18.2 Å². The van der Waals surface area contributed by atoms with Gasteiger partial charge in [-0.15, -0.1) is 12.4 Å². The molecule has 3 saturated carbocycles. The largest absolute Gasteiger partial charge is 0.355 e. The second-order valence-electron chi connectivity index (χ2n) is 7.44. The average Bonchev–Trinajstić information content (AvgIpc) is 3.05. The number of nitrogens with two attached hydrogens (primary N) is 1. The first-order valence-electron chi connectivity index (χ1n) is 8.38. The van der Waals surface area contributed by atoms with Gasteiger partial charge in [0.2, 0.25) is 5.91 Å². The summed E-state index contributed by atoms with van der Waals surface area (Å²) in [6.07, 6.45) is 5.78. The van der Waals surface area contributed by atoms with Crippen molar-refractivity contribution in [1.82, 2.24) is 5.32 Å². The molecule has 1 amide bonds. The second kappa shape index (κ2) is 6.27. The van der Waals surface area contributed by atoms with Crippen molar-refractivity contribution in [3.63, 3.8) is 0 Å². The molecule has 0 saturated heterocycles. The van der Waals surface area contributed by atoms with Crippen molar-refractivity contribution < 1.29 is 4.79 Å². The summed E-state index contributed by atoms with van der Waals surface area (Å²) in [5, 5.41) is 3.97. The lowest BCUT2D eigenvalue weighted by Crippen LogP contribution is -2.46. The van der Waals surface area contributed by atoms with Gasteiger partial charge in [0.15, 0.2) is 0 Å². The van der Waals surface area contributed by atoms with Crippen LogP contribution in [0.2, 0.25) is 5.02 Å². The second-order valence-corrected chi connectivity index (χ2v) is 7.88. The monoisotopic (exact) mass is 354 g/mol. The fourth-order valence-electron chi connectivity index (χ4n) is 4.64. The Morgan fingerprint density at radius 2 is 2.04 bits per heavy atom. The van der Waals surface area contributed by atoms with Crippen LogP contribution in [-0.2, 0) is 10.2 Å². The number of benzene rings is 1. The zero-order valence-electron chi connectivity index (χ0n) is 13.1. The van der Waals surface area contributed by atoms with Gasteiger partial charge >= 0.3 is 0 Å². The van der Waals surface area contributed by atoms with Gasteiger partial charge in [0.25, 0.3) is 0 Å². The topological polar surface area (TPSA) is 55.1 Å². The highest BCUT2D eigenvalue weighted by Gasteiger charge is 2.50. The van der Waals surface area contributed by atoms with Crippen molar-refractivity contribution in [3.8, 4) is 0 Å². The molecular weight excluding hydrogens is 331 g/mol. The molecule has 3 aliphatic carbocycles. The third-order valence-corrected chi connectivity index (χ3v) is 6.41. The van der Waals surface area contributed by atoms with E-state index in [1.54, 1.807) is 0 Å². The van der Waals surface area contributed by atoms with Gasteiger partial charge < -0.3 is 11.1 Å². The Morgan fingerprint density at radius 3 is 2.65 bits per heavy atom. The van der Waals surface area contributed by atoms with Crippen LogP contribution in [0.3, 0.4) is 0 Å². The van der Waals surface area contributed by atoms with E-state index in [9.17, 15) is 4.79 Å². The molecule has 3 N–H and O–H groups in total. The van der Waals surface area contributed by atoms with Crippen LogP contribution in [0.4, 0.5) is 0 Å². The standard InChI is InChI=1S/C18H23ClN2O.ClH/c19-14-3-1-2-13(9-14)18(6-7-18)10-21-17(22)15-11-4-5-12(8-11)16(15)20;/h1-3,9,11-12,15-16H,4-8,10,20H2,(H,21,22);1H. The van der Waals surface area contributed by atoms with E-state index in [-0.39, 0.29) is 35.7 Å². The first-order chi connectivity index (χ1) is 10.6. The molecule has 0 heterocycles. The summed E-state index contributed by atoms with van der Waals surface area (Å²) >= 11 is 6.10. The number of carbonyl (C=O) groups excluding carboxylic acids is 1. The SMILES string of the molecule is Cl.NC1C2CCC(C2)C1C(=O)NCC1(c2cccc(Cl)c2)CC1. The molecule has 0 spiro atoms. The molecule has 1 aromatic carbocycles. The van der Waals surface area contributed by atoms with Gasteiger partial charge in [-0.3, -0.25) is 4.79 Å². The number of rotatable bonds is 4. The van der Waals surface area contributed by atoms with Crippen LogP contribution in [0.5, 0.6) is 0 Å². The van der Waals surface area contributed by atoms with E-state index >= 15 is 0 Å². The van der Waals surface area contributed by atoms with Crippen LogP contribution in [0.25, 0.3) is 0 Å². The van der Waals surface area contributed by atoms with Crippen LogP contribution >= 0.6 is 24.0 Å². The number of amides is 1. The van der Waals surface area contributed by atoms with Crippen LogP contribution in [-0.4, -0.2) is 18.5 Å². The summed E-state index contributed by atoms with van der Waals surface area (Å²) in [6.45, 7) is 0.715. The third-order valence-electron chi connectivity index (χ3n) is 6.17. The molecule has 0 aliphatic heterocycles. The Balaban J connectivity index is 0.00000156. The Morgan fingerprint density at radius 1 is 1.30 bits per heavy atom.